The average Bonchev–Trinajstić information content (AvgIpc) is 3.43. The van der Waals surface area contributed by atoms with Gasteiger partial charge in [0, 0.05) is 23.9 Å². The Morgan fingerprint density at radius 2 is 1.83 bits per heavy atom. The Bertz CT molecular complexity index is 1360. The minimum Gasteiger partial charge on any atom is -0.493 e. The highest BCUT2D eigenvalue weighted by Crippen LogP contribution is 2.32. The molecule has 0 spiro atoms. The maximum absolute atomic E-state index is 13.1. The molecule has 4 aromatic rings. The SMILES string of the molecule is COc1ccc(-n2cc(-c3ccccc3)nc2NC(=O)CN(C(=O)c2ccco2)C2CC2)cc1OC. The van der Waals surface area contributed by atoms with E-state index in [4.69, 9.17) is 18.9 Å². The maximum atomic E-state index is 13.1. The van der Waals surface area contributed by atoms with Gasteiger partial charge in [-0.05, 0) is 37.1 Å². The summed E-state index contributed by atoms with van der Waals surface area (Å²) >= 11 is 0. The molecule has 0 atom stereocenters. The van der Waals surface area contributed by atoms with Crippen LogP contribution in [-0.2, 0) is 4.79 Å². The number of anilines is 1. The Kier molecular flexibility index (Phi) is 6.44. The van der Waals surface area contributed by atoms with Crippen molar-refractivity contribution in [3.05, 3.63) is 78.9 Å². The van der Waals surface area contributed by atoms with E-state index in [2.05, 4.69) is 5.32 Å². The molecule has 1 fully saturated rings. The molecule has 1 aliphatic carbocycles. The molecule has 1 aliphatic rings. The van der Waals surface area contributed by atoms with Crippen molar-refractivity contribution in [1.82, 2.24) is 14.5 Å². The number of furan rings is 1. The number of hydrogen-bond acceptors (Lipinski definition) is 6. The predicted octanol–water partition coefficient (Wildman–Crippen LogP) is 4.39. The second-order valence-corrected chi connectivity index (χ2v) is 8.41. The van der Waals surface area contributed by atoms with Crippen molar-refractivity contribution >= 4 is 17.8 Å². The third-order valence-electron chi connectivity index (χ3n) is 5.97. The summed E-state index contributed by atoms with van der Waals surface area (Å²) in [7, 11) is 3.14. The van der Waals surface area contributed by atoms with Gasteiger partial charge in [0.15, 0.2) is 17.3 Å². The molecule has 36 heavy (non-hydrogen) atoms. The highest BCUT2D eigenvalue weighted by Gasteiger charge is 2.35. The normalized spacial score (nSPS) is 12.7. The second kappa shape index (κ2) is 9.99. The lowest BCUT2D eigenvalue weighted by Gasteiger charge is -2.20. The third kappa shape index (κ3) is 4.81. The van der Waals surface area contributed by atoms with Crippen molar-refractivity contribution in [2.45, 2.75) is 18.9 Å². The summed E-state index contributed by atoms with van der Waals surface area (Å²) < 4.78 is 17.9. The minimum absolute atomic E-state index is 0.0267. The first-order chi connectivity index (χ1) is 17.6. The van der Waals surface area contributed by atoms with E-state index in [0.29, 0.717) is 23.1 Å². The molecule has 2 heterocycles. The van der Waals surface area contributed by atoms with Gasteiger partial charge in [0.05, 0.1) is 31.9 Å². The quantitative estimate of drug-likeness (QED) is 0.377. The molecule has 1 N–H and O–H groups in total. The summed E-state index contributed by atoms with van der Waals surface area (Å²) in [6, 6.07) is 18.4. The van der Waals surface area contributed by atoms with Gasteiger partial charge in [-0.1, -0.05) is 30.3 Å². The fourth-order valence-electron chi connectivity index (χ4n) is 4.00. The maximum Gasteiger partial charge on any atom is 0.290 e. The molecule has 0 unspecified atom stereocenters. The van der Waals surface area contributed by atoms with Gasteiger partial charge in [-0.2, -0.15) is 0 Å². The number of carbonyl (C=O) groups excluding carboxylic acids is 2. The van der Waals surface area contributed by atoms with Gasteiger partial charge in [0.1, 0.15) is 6.54 Å². The third-order valence-corrected chi connectivity index (χ3v) is 5.97. The van der Waals surface area contributed by atoms with Gasteiger partial charge < -0.3 is 18.8 Å². The Labute approximate surface area is 208 Å². The number of imidazole rings is 1. The number of rotatable bonds is 9. The van der Waals surface area contributed by atoms with Crippen LogP contribution in [0.1, 0.15) is 23.4 Å². The van der Waals surface area contributed by atoms with E-state index >= 15 is 0 Å². The van der Waals surface area contributed by atoms with E-state index in [1.807, 2.05) is 48.7 Å². The van der Waals surface area contributed by atoms with Crippen LogP contribution >= 0.6 is 0 Å². The minimum atomic E-state index is -0.353. The fourth-order valence-corrected chi connectivity index (χ4v) is 4.00. The van der Waals surface area contributed by atoms with Crippen LogP contribution in [0.2, 0.25) is 0 Å². The Hall–Kier alpha value is -4.53. The first-order valence-corrected chi connectivity index (χ1v) is 11.6. The van der Waals surface area contributed by atoms with E-state index in [-0.39, 0.29) is 30.2 Å². The largest absolute Gasteiger partial charge is 0.493 e. The molecule has 1 saturated carbocycles. The van der Waals surface area contributed by atoms with Crippen molar-refractivity contribution in [1.29, 1.82) is 0 Å². The topological polar surface area (TPSA) is 98.8 Å². The zero-order valence-corrected chi connectivity index (χ0v) is 20.0. The lowest BCUT2D eigenvalue weighted by molar-refractivity contribution is -0.117. The van der Waals surface area contributed by atoms with E-state index < -0.39 is 0 Å². The Morgan fingerprint density at radius 3 is 2.50 bits per heavy atom. The summed E-state index contributed by atoms with van der Waals surface area (Å²) in [6.45, 7) is -0.107. The molecule has 184 valence electrons. The van der Waals surface area contributed by atoms with Crippen LogP contribution in [-0.4, -0.2) is 53.1 Å². The summed E-state index contributed by atoms with van der Waals surface area (Å²) in [5.41, 5.74) is 2.31. The molecule has 0 radical (unpaired) electrons. The highest BCUT2D eigenvalue weighted by atomic mass is 16.5. The zero-order valence-electron chi connectivity index (χ0n) is 20.0. The molecule has 0 aliphatic heterocycles. The molecule has 5 rings (SSSR count). The predicted molar refractivity (Wildman–Crippen MR) is 134 cm³/mol. The average molecular weight is 487 g/mol. The van der Waals surface area contributed by atoms with Gasteiger partial charge in [-0.25, -0.2) is 4.98 Å². The standard InChI is InChI=1S/C27H26N4O5/c1-34-22-13-12-20(15-24(22)35-2)31-16-21(18-7-4-3-5-8-18)28-27(31)29-25(32)17-30(19-10-11-19)26(33)23-9-6-14-36-23/h3-9,12-16,19H,10-11,17H2,1-2H3,(H,28,29,32). The van der Waals surface area contributed by atoms with Crippen molar-refractivity contribution in [3.63, 3.8) is 0 Å². The molecule has 2 aromatic carbocycles. The van der Waals surface area contributed by atoms with Crippen LogP contribution in [0.15, 0.2) is 77.5 Å². The fraction of sp³-hybridized carbons (Fsp3) is 0.222. The van der Waals surface area contributed by atoms with Crippen molar-refractivity contribution in [2.75, 3.05) is 26.1 Å². The van der Waals surface area contributed by atoms with Crippen LogP contribution in [0.3, 0.4) is 0 Å². The monoisotopic (exact) mass is 486 g/mol. The number of nitrogens with zero attached hydrogens (tertiary/aromatic N) is 3. The first-order valence-electron chi connectivity index (χ1n) is 11.6. The number of methoxy groups -OCH3 is 2. The van der Waals surface area contributed by atoms with Gasteiger partial charge in [-0.3, -0.25) is 19.5 Å². The van der Waals surface area contributed by atoms with E-state index in [1.165, 1.54) is 6.26 Å². The van der Waals surface area contributed by atoms with Gasteiger partial charge in [0.25, 0.3) is 5.91 Å². The van der Waals surface area contributed by atoms with E-state index in [1.54, 1.807) is 41.9 Å². The number of hydrogen-bond donors (Lipinski definition) is 1. The van der Waals surface area contributed by atoms with Crippen molar-refractivity contribution < 1.29 is 23.5 Å². The number of ether oxygens (including phenoxy) is 2. The molecular weight excluding hydrogens is 460 g/mol. The smallest absolute Gasteiger partial charge is 0.290 e. The van der Waals surface area contributed by atoms with Crippen LogP contribution in [0.4, 0.5) is 5.95 Å². The second-order valence-electron chi connectivity index (χ2n) is 8.41. The van der Waals surface area contributed by atoms with Gasteiger partial charge >= 0.3 is 0 Å². The molecule has 0 bridgehead atoms. The molecular formula is C27H26N4O5. The van der Waals surface area contributed by atoms with Crippen molar-refractivity contribution in [3.8, 4) is 28.4 Å². The molecule has 2 amide bonds. The number of nitrogens with one attached hydrogen (secondary N) is 1. The molecule has 0 saturated heterocycles. The highest BCUT2D eigenvalue weighted by molar-refractivity contribution is 5.98. The number of amides is 2. The number of benzene rings is 2. The number of carbonyl (C=O) groups is 2. The molecule has 2 aromatic heterocycles. The van der Waals surface area contributed by atoms with Crippen LogP contribution in [0.25, 0.3) is 16.9 Å². The summed E-state index contributed by atoms with van der Waals surface area (Å²) in [5, 5.41) is 2.89. The Balaban J connectivity index is 1.45. The summed E-state index contributed by atoms with van der Waals surface area (Å²) in [6.07, 6.45) is 5.01. The van der Waals surface area contributed by atoms with E-state index in [0.717, 1.165) is 24.1 Å². The molecule has 9 heteroatoms. The zero-order chi connectivity index (χ0) is 25.1. The lowest BCUT2D eigenvalue weighted by Crippen LogP contribution is -2.39. The first kappa shape index (κ1) is 23.2. The summed E-state index contributed by atoms with van der Waals surface area (Å²) in [4.78, 5) is 32.3. The molecule has 9 nitrogen and oxygen atoms in total. The summed E-state index contributed by atoms with van der Waals surface area (Å²) in [5.74, 6) is 1.03. The van der Waals surface area contributed by atoms with Crippen LogP contribution < -0.4 is 14.8 Å². The Morgan fingerprint density at radius 1 is 1.06 bits per heavy atom. The lowest BCUT2D eigenvalue weighted by atomic mass is 10.2. The van der Waals surface area contributed by atoms with E-state index in [9.17, 15) is 9.59 Å². The van der Waals surface area contributed by atoms with Gasteiger partial charge in [0.2, 0.25) is 11.9 Å². The van der Waals surface area contributed by atoms with Crippen LogP contribution in [0, 0.1) is 0 Å². The van der Waals surface area contributed by atoms with Gasteiger partial charge in [-0.15, -0.1) is 0 Å². The van der Waals surface area contributed by atoms with Crippen LogP contribution in [0.5, 0.6) is 11.5 Å². The number of aromatic nitrogens is 2. The van der Waals surface area contributed by atoms with Crippen molar-refractivity contribution in [2.24, 2.45) is 0 Å².